The zero-order chi connectivity index (χ0) is 13.3. The van der Waals surface area contributed by atoms with Crippen molar-refractivity contribution in [1.29, 1.82) is 0 Å². The molecule has 1 amide bonds. The summed E-state index contributed by atoms with van der Waals surface area (Å²) in [4.78, 5) is 10.8. The van der Waals surface area contributed by atoms with Crippen molar-refractivity contribution in [3.63, 3.8) is 0 Å². The van der Waals surface area contributed by atoms with Crippen molar-refractivity contribution < 1.29 is 13.9 Å². The molecule has 1 aromatic heterocycles. The summed E-state index contributed by atoms with van der Waals surface area (Å²) in [5.74, 6) is -0.909. The molecule has 1 aromatic carbocycles. The summed E-state index contributed by atoms with van der Waals surface area (Å²) < 4.78 is 20.4. The first-order valence-corrected chi connectivity index (χ1v) is 5.73. The smallest absolute Gasteiger partial charge is 0.407 e. The summed E-state index contributed by atoms with van der Waals surface area (Å²) >= 11 is 3.02. The zero-order valence-electron chi connectivity index (χ0n) is 9.35. The van der Waals surface area contributed by atoms with Crippen LogP contribution in [0.2, 0.25) is 0 Å². The second-order valence-corrected chi connectivity index (χ2v) is 4.35. The quantitative estimate of drug-likeness (QED) is 0.925. The second kappa shape index (κ2) is 4.77. The van der Waals surface area contributed by atoms with E-state index in [9.17, 15) is 9.18 Å². The normalized spacial score (nSPS) is 10.4. The Morgan fingerprint density at radius 1 is 1.50 bits per heavy atom. The van der Waals surface area contributed by atoms with Crippen molar-refractivity contribution in [2.75, 3.05) is 0 Å². The fourth-order valence-corrected chi connectivity index (χ4v) is 1.88. The molecule has 0 unspecified atom stereocenters. The second-order valence-electron chi connectivity index (χ2n) is 3.50. The Labute approximate surface area is 110 Å². The highest BCUT2D eigenvalue weighted by molar-refractivity contribution is 9.10. The largest absolute Gasteiger partial charge is 0.410 e. The van der Waals surface area contributed by atoms with Crippen molar-refractivity contribution >= 4 is 22.0 Å². The minimum atomic E-state index is -1.07. The topological polar surface area (TPSA) is 70.1 Å². The molecule has 2 N–H and O–H groups in total. The van der Waals surface area contributed by atoms with E-state index in [2.05, 4.69) is 21.0 Å². The van der Waals surface area contributed by atoms with Gasteiger partial charge in [-0.15, -0.1) is 0 Å². The SMILES string of the molecule is Cn1nccc1-c1ccc(Br)c(F)c1OC(N)=O. The predicted molar refractivity (Wildman–Crippen MR) is 66.5 cm³/mol. The van der Waals surface area contributed by atoms with Crippen molar-refractivity contribution in [2.45, 2.75) is 0 Å². The Morgan fingerprint density at radius 2 is 2.22 bits per heavy atom. The van der Waals surface area contributed by atoms with Crippen LogP contribution in [0.4, 0.5) is 9.18 Å². The molecule has 0 atom stereocenters. The van der Waals surface area contributed by atoms with Gasteiger partial charge >= 0.3 is 6.09 Å². The van der Waals surface area contributed by atoms with Crippen LogP contribution >= 0.6 is 15.9 Å². The lowest BCUT2D eigenvalue weighted by Crippen LogP contribution is -2.17. The number of ether oxygens (including phenoxy) is 1. The molecule has 0 bridgehead atoms. The molecule has 0 spiro atoms. The first-order chi connectivity index (χ1) is 8.50. The van der Waals surface area contributed by atoms with E-state index < -0.39 is 11.9 Å². The van der Waals surface area contributed by atoms with Gasteiger partial charge in [-0.1, -0.05) is 0 Å². The fourth-order valence-electron chi connectivity index (χ4n) is 1.57. The van der Waals surface area contributed by atoms with Gasteiger partial charge < -0.3 is 10.5 Å². The molecule has 2 aromatic rings. The standard InChI is InChI=1S/C11H9BrFN3O2/c1-16-8(4-5-15-16)6-2-3-7(12)9(13)10(6)18-11(14)17/h2-5H,1H3,(H2,14,17). The van der Waals surface area contributed by atoms with E-state index in [0.717, 1.165) is 0 Å². The van der Waals surface area contributed by atoms with Gasteiger partial charge in [-0.05, 0) is 34.1 Å². The number of rotatable bonds is 2. The predicted octanol–water partition coefficient (Wildman–Crippen LogP) is 2.45. The monoisotopic (exact) mass is 313 g/mol. The van der Waals surface area contributed by atoms with Crippen LogP contribution in [0.5, 0.6) is 5.75 Å². The van der Waals surface area contributed by atoms with Crippen molar-refractivity contribution in [2.24, 2.45) is 12.8 Å². The van der Waals surface area contributed by atoms with E-state index in [1.165, 1.54) is 10.7 Å². The Bertz CT molecular complexity index is 612. The Hall–Kier alpha value is -1.89. The third-order valence-corrected chi connectivity index (χ3v) is 2.96. The number of amides is 1. The summed E-state index contributed by atoms with van der Waals surface area (Å²) in [6.45, 7) is 0. The van der Waals surface area contributed by atoms with Gasteiger partial charge in [0, 0.05) is 18.8 Å². The molecule has 18 heavy (non-hydrogen) atoms. The van der Waals surface area contributed by atoms with Crippen LogP contribution in [0, 0.1) is 5.82 Å². The van der Waals surface area contributed by atoms with Gasteiger partial charge in [0.25, 0.3) is 0 Å². The third kappa shape index (κ3) is 2.21. The Balaban J connectivity index is 2.64. The molecule has 0 aliphatic rings. The maximum Gasteiger partial charge on any atom is 0.410 e. The van der Waals surface area contributed by atoms with Gasteiger partial charge in [-0.2, -0.15) is 5.10 Å². The molecule has 0 saturated carbocycles. The number of halogens is 2. The maximum absolute atomic E-state index is 13.9. The molecule has 1 heterocycles. The molecule has 5 nitrogen and oxygen atoms in total. The van der Waals surface area contributed by atoms with Gasteiger partial charge in [0.15, 0.2) is 11.6 Å². The molecule has 0 aliphatic heterocycles. The molecule has 94 valence electrons. The van der Waals surface area contributed by atoms with Crippen molar-refractivity contribution in [3.05, 3.63) is 34.7 Å². The van der Waals surface area contributed by atoms with Crippen LogP contribution in [0.15, 0.2) is 28.9 Å². The molecule has 0 aliphatic carbocycles. The first kappa shape index (κ1) is 12.6. The average molecular weight is 314 g/mol. The summed E-state index contributed by atoms with van der Waals surface area (Å²) in [5.41, 5.74) is 5.94. The molecule has 0 fully saturated rings. The van der Waals surface area contributed by atoms with Gasteiger partial charge in [0.05, 0.1) is 10.2 Å². The number of carbonyl (C=O) groups excluding carboxylic acids is 1. The molecular formula is C11H9BrFN3O2. The number of carbonyl (C=O) groups is 1. The lowest BCUT2D eigenvalue weighted by Gasteiger charge is -2.10. The van der Waals surface area contributed by atoms with Crippen LogP contribution in [0.25, 0.3) is 11.3 Å². The Morgan fingerprint density at radius 3 is 2.78 bits per heavy atom. The summed E-state index contributed by atoms with van der Waals surface area (Å²) in [6, 6.07) is 4.81. The summed E-state index contributed by atoms with van der Waals surface area (Å²) in [5, 5.41) is 3.98. The van der Waals surface area contributed by atoms with E-state index >= 15 is 0 Å². The number of nitrogens with zero attached hydrogens (tertiary/aromatic N) is 2. The van der Waals surface area contributed by atoms with Gasteiger partial charge in [0.2, 0.25) is 0 Å². The summed E-state index contributed by atoms with van der Waals surface area (Å²) in [7, 11) is 1.70. The zero-order valence-corrected chi connectivity index (χ0v) is 10.9. The number of primary amides is 1. The van der Waals surface area contributed by atoms with Crippen LogP contribution in [-0.2, 0) is 7.05 Å². The maximum atomic E-state index is 13.9. The lowest BCUT2D eigenvalue weighted by atomic mass is 10.1. The third-order valence-electron chi connectivity index (χ3n) is 2.35. The number of hydrogen-bond acceptors (Lipinski definition) is 3. The van der Waals surface area contributed by atoms with Gasteiger partial charge in [-0.3, -0.25) is 4.68 Å². The Kier molecular flexibility index (Phi) is 3.33. The van der Waals surface area contributed by atoms with Crippen molar-refractivity contribution in [1.82, 2.24) is 9.78 Å². The lowest BCUT2D eigenvalue weighted by molar-refractivity contribution is 0.209. The van der Waals surface area contributed by atoms with Crippen LogP contribution in [0.1, 0.15) is 0 Å². The number of aromatic nitrogens is 2. The highest BCUT2D eigenvalue weighted by atomic mass is 79.9. The van der Waals surface area contributed by atoms with E-state index in [-0.39, 0.29) is 10.2 Å². The van der Waals surface area contributed by atoms with Crippen LogP contribution in [0.3, 0.4) is 0 Å². The number of benzene rings is 1. The van der Waals surface area contributed by atoms with Crippen molar-refractivity contribution in [3.8, 4) is 17.0 Å². The van der Waals surface area contributed by atoms with Crippen LogP contribution in [-0.4, -0.2) is 15.9 Å². The van der Waals surface area contributed by atoms with E-state index in [0.29, 0.717) is 11.3 Å². The number of nitrogens with two attached hydrogens (primary N) is 1. The van der Waals surface area contributed by atoms with Gasteiger partial charge in [0.1, 0.15) is 0 Å². The van der Waals surface area contributed by atoms with Gasteiger partial charge in [-0.25, -0.2) is 9.18 Å². The fraction of sp³-hybridized carbons (Fsp3) is 0.0909. The van der Waals surface area contributed by atoms with E-state index in [1.807, 2.05) is 0 Å². The average Bonchev–Trinajstić information content (AvgIpc) is 2.71. The molecular weight excluding hydrogens is 305 g/mol. The molecule has 7 heteroatoms. The van der Waals surface area contributed by atoms with Crippen LogP contribution < -0.4 is 10.5 Å². The minimum absolute atomic E-state index is 0.185. The summed E-state index contributed by atoms with van der Waals surface area (Å²) in [6.07, 6.45) is 0.485. The highest BCUT2D eigenvalue weighted by Crippen LogP contribution is 2.35. The first-order valence-electron chi connectivity index (χ1n) is 4.94. The van der Waals surface area contributed by atoms with E-state index in [4.69, 9.17) is 10.5 Å². The minimum Gasteiger partial charge on any atom is -0.407 e. The molecule has 2 rings (SSSR count). The highest BCUT2D eigenvalue weighted by Gasteiger charge is 2.18. The molecule has 0 saturated heterocycles. The molecule has 0 radical (unpaired) electrons. The number of hydrogen-bond donors (Lipinski definition) is 1. The van der Waals surface area contributed by atoms with E-state index in [1.54, 1.807) is 25.4 Å². The number of aryl methyl sites for hydroxylation is 1.